The van der Waals surface area contributed by atoms with Crippen molar-refractivity contribution in [1.29, 1.82) is 0 Å². The van der Waals surface area contributed by atoms with Crippen molar-refractivity contribution in [3.63, 3.8) is 0 Å². The monoisotopic (exact) mass is 268 g/mol. The van der Waals surface area contributed by atoms with Crippen LogP contribution in [0, 0.1) is 0 Å². The van der Waals surface area contributed by atoms with Gasteiger partial charge in [0.05, 0.1) is 18.0 Å². The number of hydrogen-bond donors (Lipinski definition) is 2. The minimum absolute atomic E-state index is 0.469. The minimum Gasteiger partial charge on any atom is -0.492 e. The molecule has 0 amide bonds. The summed E-state index contributed by atoms with van der Waals surface area (Å²) in [5, 5.41) is 3.53. The van der Waals surface area contributed by atoms with Gasteiger partial charge in [0.25, 0.3) is 0 Å². The predicted octanol–water partition coefficient (Wildman–Crippen LogP) is 3.64. The first-order valence-corrected chi connectivity index (χ1v) is 7.12. The van der Waals surface area contributed by atoms with E-state index in [9.17, 15) is 0 Å². The highest BCUT2D eigenvalue weighted by Crippen LogP contribution is 2.44. The van der Waals surface area contributed by atoms with E-state index in [1.54, 1.807) is 0 Å². The highest BCUT2D eigenvalue weighted by molar-refractivity contribution is 5.73. The lowest BCUT2D eigenvalue weighted by atomic mass is 10.1. The van der Waals surface area contributed by atoms with Crippen LogP contribution in [0.2, 0.25) is 0 Å². The van der Waals surface area contributed by atoms with E-state index in [2.05, 4.69) is 35.6 Å². The Bertz CT molecular complexity index is 583. The number of para-hydroxylation sites is 1. The summed E-state index contributed by atoms with van der Waals surface area (Å²) in [5.41, 5.74) is 9.21. The Balaban J connectivity index is 1.70. The first-order valence-electron chi connectivity index (χ1n) is 7.12. The molecule has 0 bridgehead atoms. The van der Waals surface area contributed by atoms with Gasteiger partial charge < -0.3 is 15.8 Å². The maximum Gasteiger partial charge on any atom is 0.144 e. The Morgan fingerprint density at radius 3 is 2.70 bits per heavy atom. The van der Waals surface area contributed by atoms with E-state index in [4.69, 9.17) is 10.5 Å². The molecule has 0 saturated heterocycles. The molecule has 20 heavy (non-hydrogen) atoms. The average Bonchev–Trinajstić information content (AvgIpc) is 3.24. The SMILES string of the molecule is CCOc1cccc(NC2CC2c2ccccc2)c1N. The minimum atomic E-state index is 0.469. The van der Waals surface area contributed by atoms with Crippen molar-refractivity contribution in [1.82, 2.24) is 0 Å². The molecule has 2 unspecified atom stereocenters. The van der Waals surface area contributed by atoms with Crippen molar-refractivity contribution in [2.45, 2.75) is 25.3 Å². The zero-order chi connectivity index (χ0) is 13.9. The van der Waals surface area contributed by atoms with E-state index in [0.717, 1.165) is 17.9 Å². The van der Waals surface area contributed by atoms with Gasteiger partial charge in [-0.2, -0.15) is 0 Å². The fourth-order valence-corrected chi connectivity index (χ4v) is 2.57. The third kappa shape index (κ3) is 2.57. The molecular formula is C17H20N2O. The Hall–Kier alpha value is -2.16. The Morgan fingerprint density at radius 1 is 1.15 bits per heavy atom. The van der Waals surface area contributed by atoms with Crippen molar-refractivity contribution in [3.05, 3.63) is 54.1 Å². The molecule has 0 spiro atoms. The second kappa shape index (κ2) is 5.45. The number of anilines is 2. The third-order valence-corrected chi connectivity index (χ3v) is 3.73. The van der Waals surface area contributed by atoms with Gasteiger partial charge in [-0.15, -0.1) is 0 Å². The Labute approximate surface area is 119 Å². The fourth-order valence-electron chi connectivity index (χ4n) is 2.57. The van der Waals surface area contributed by atoms with Gasteiger partial charge in [0, 0.05) is 12.0 Å². The molecule has 3 heteroatoms. The number of hydrogen-bond acceptors (Lipinski definition) is 3. The van der Waals surface area contributed by atoms with Crippen LogP contribution >= 0.6 is 0 Å². The summed E-state index contributed by atoms with van der Waals surface area (Å²) in [4.78, 5) is 0. The van der Waals surface area contributed by atoms with Gasteiger partial charge in [0.1, 0.15) is 5.75 Å². The van der Waals surface area contributed by atoms with Crippen molar-refractivity contribution in [3.8, 4) is 5.75 Å². The largest absolute Gasteiger partial charge is 0.492 e. The number of nitrogens with one attached hydrogen (secondary N) is 1. The maximum absolute atomic E-state index is 6.14. The summed E-state index contributed by atoms with van der Waals surface area (Å²) in [7, 11) is 0. The lowest BCUT2D eigenvalue weighted by Crippen LogP contribution is -2.07. The van der Waals surface area contributed by atoms with Crippen LogP contribution in [-0.4, -0.2) is 12.6 Å². The van der Waals surface area contributed by atoms with E-state index in [1.807, 2.05) is 25.1 Å². The number of benzene rings is 2. The first-order chi connectivity index (χ1) is 9.79. The van der Waals surface area contributed by atoms with Crippen molar-refractivity contribution in [2.24, 2.45) is 0 Å². The molecule has 3 N–H and O–H groups in total. The van der Waals surface area contributed by atoms with Crippen LogP contribution in [-0.2, 0) is 0 Å². The molecule has 1 fully saturated rings. The van der Waals surface area contributed by atoms with Crippen molar-refractivity contribution in [2.75, 3.05) is 17.7 Å². The van der Waals surface area contributed by atoms with E-state index in [-0.39, 0.29) is 0 Å². The molecule has 0 aliphatic heterocycles. The van der Waals surface area contributed by atoms with E-state index in [1.165, 1.54) is 5.56 Å². The molecular weight excluding hydrogens is 248 g/mol. The molecule has 1 aliphatic rings. The lowest BCUT2D eigenvalue weighted by Gasteiger charge is -2.13. The van der Waals surface area contributed by atoms with Gasteiger partial charge in [-0.05, 0) is 31.0 Å². The van der Waals surface area contributed by atoms with Crippen LogP contribution < -0.4 is 15.8 Å². The maximum atomic E-state index is 6.14. The number of ether oxygens (including phenoxy) is 1. The quantitative estimate of drug-likeness (QED) is 0.814. The Morgan fingerprint density at radius 2 is 1.95 bits per heavy atom. The molecule has 3 nitrogen and oxygen atoms in total. The molecule has 1 saturated carbocycles. The standard InChI is InChI=1S/C17H20N2O/c1-2-20-16-10-6-9-14(17(16)18)19-15-11-13(15)12-7-4-3-5-8-12/h3-10,13,15,19H,2,11,18H2,1H3. The van der Waals surface area contributed by atoms with Crippen LogP contribution in [0.1, 0.15) is 24.8 Å². The van der Waals surface area contributed by atoms with E-state index in [0.29, 0.717) is 24.3 Å². The Kier molecular flexibility index (Phi) is 3.50. The second-order valence-electron chi connectivity index (χ2n) is 5.15. The molecule has 2 atom stereocenters. The van der Waals surface area contributed by atoms with Gasteiger partial charge >= 0.3 is 0 Å². The average molecular weight is 268 g/mol. The van der Waals surface area contributed by atoms with Crippen LogP contribution in [0.4, 0.5) is 11.4 Å². The van der Waals surface area contributed by atoms with Crippen molar-refractivity contribution < 1.29 is 4.74 Å². The molecule has 0 heterocycles. The lowest BCUT2D eigenvalue weighted by molar-refractivity contribution is 0.342. The molecule has 3 rings (SSSR count). The van der Waals surface area contributed by atoms with Crippen LogP contribution in [0.5, 0.6) is 5.75 Å². The van der Waals surface area contributed by atoms with Crippen molar-refractivity contribution >= 4 is 11.4 Å². The molecule has 0 radical (unpaired) electrons. The van der Waals surface area contributed by atoms with Gasteiger partial charge in [-0.3, -0.25) is 0 Å². The number of rotatable bonds is 5. The topological polar surface area (TPSA) is 47.3 Å². The normalized spacial score (nSPS) is 20.4. The van der Waals surface area contributed by atoms with Crippen LogP contribution in [0.25, 0.3) is 0 Å². The third-order valence-electron chi connectivity index (χ3n) is 3.73. The summed E-state index contributed by atoms with van der Waals surface area (Å²) >= 11 is 0. The zero-order valence-electron chi connectivity index (χ0n) is 11.7. The molecule has 0 aromatic heterocycles. The molecule has 1 aliphatic carbocycles. The summed E-state index contributed by atoms with van der Waals surface area (Å²) in [6, 6.07) is 17.0. The second-order valence-corrected chi connectivity index (χ2v) is 5.15. The number of nitrogen functional groups attached to an aromatic ring is 1. The first kappa shape index (κ1) is 12.9. The summed E-state index contributed by atoms with van der Waals surface area (Å²) in [6.45, 7) is 2.59. The van der Waals surface area contributed by atoms with E-state index >= 15 is 0 Å². The number of nitrogens with two attached hydrogens (primary N) is 1. The van der Waals surface area contributed by atoms with Gasteiger partial charge in [-0.1, -0.05) is 36.4 Å². The molecule has 104 valence electrons. The molecule has 2 aromatic rings. The van der Waals surface area contributed by atoms with Gasteiger partial charge in [0.15, 0.2) is 0 Å². The predicted molar refractivity (Wildman–Crippen MR) is 83.2 cm³/mol. The molecule has 2 aromatic carbocycles. The summed E-state index contributed by atoms with van der Waals surface area (Å²) < 4.78 is 5.53. The van der Waals surface area contributed by atoms with Crippen LogP contribution in [0.3, 0.4) is 0 Å². The van der Waals surface area contributed by atoms with Crippen LogP contribution in [0.15, 0.2) is 48.5 Å². The fraction of sp³-hybridized carbons (Fsp3) is 0.294. The highest BCUT2D eigenvalue weighted by Gasteiger charge is 2.38. The zero-order valence-corrected chi connectivity index (χ0v) is 11.7. The van der Waals surface area contributed by atoms with Gasteiger partial charge in [0.2, 0.25) is 0 Å². The highest BCUT2D eigenvalue weighted by atomic mass is 16.5. The smallest absolute Gasteiger partial charge is 0.144 e. The summed E-state index contributed by atoms with van der Waals surface area (Å²) in [6.07, 6.45) is 1.16. The van der Waals surface area contributed by atoms with E-state index < -0.39 is 0 Å². The van der Waals surface area contributed by atoms with Gasteiger partial charge in [-0.25, -0.2) is 0 Å². The summed E-state index contributed by atoms with van der Waals surface area (Å²) in [5.74, 6) is 1.35.